The van der Waals surface area contributed by atoms with Crippen molar-refractivity contribution in [3.05, 3.63) is 29.8 Å². The van der Waals surface area contributed by atoms with E-state index in [9.17, 15) is 18.0 Å². The third-order valence-corrected chi connectivity index (χ3v) is 6.83. The number of piperidine rings is 1. The van der Waals surface area contributed by atoms with Crippen molar-refractivity contribution in [1.82, 2.24) is 20.3 Å². The van der Waals surface area contributed by atoms with E-state index in [0.717, 1.165) is 13.1 Å². The summed E-state index contributed by atoms with van der Waals surface area (Å²) in [5.41, 5.74) is 0.158. The highest BCUT2D eigenvalue weighted by Gasteiger charge is 2.28. The number of nitrogens with one attached hydrogen (secondary N) is 3. The van der Waals surface area contributed by atoms with E-state index in [-0.39, 0.29) is 28.9 Å². The number of benzene rings is 1. The second-order valence-electron chi connectivity index (χ2n) is 8.62. The van der Waals surface area contributed by atoms with Crippen LogP contribution >= 0.6 is 0 Å². The van der Waals surface area contributed by atoms with Gasteiger partial charge in [-0.3, -0.25) is 14.5 Å². The molecule has 9 heteroatoms. The minimum atomic E-state index is -3.61. The van der Waals surface area contributed by atoms with E-state index in [2.05, 4.69) is 34.1 Å². The smallest absolute Gasteiger partial charge is 0.251 e. The van der Waals surface area contributed by atoms with Crippen molar-refractivity contribution >= 4 is 21.8 Å². The molecule has 1 aromatic rings. The van der Waals surface area contributed by atoms with Crippen LogP contribution in [0.3, 0.4) is 0 Å². The van der Waals surface area contributed by atoms with E-state index in [1.165, 1.54) is 43.5 Å². The number of carbonyl (C=O) groups is 2. The number of hydrogen-bond donors (Lipinski definition) is 3. The van der Waals surface area contributed by atoms with Crippen LogP contribution in [-0.4, -0.2) is 62.9 Å². The molecular weight excluding hydrogens is 404 g/mol. The molecule has 0 saturated carbocycles. The number of amides is 2. The van der Waals surface area contributed by atoms with Crippen molar-refractivity contribution in [2.24, 2.45) is 0 Å². The maximum absolute atomic E-state index is 12.3. The lowest BCUT2D eigenvalue weighted by Gasteiger charge is -2.41. The second-order valence-corrected chi connectivity index (χ2v) is 10.3. The summed E-state index contributed by atoms with van der Waals surface area (Å²) >= 11 is 0. The number of rotatable bonds is 9. The molecule has 2 rings (SSSR count). The zero-order valence-corrected chi connectivity index (χ0v) is 19.1. The van der Waals surface area contributed by atoms with Crippen LogP contribution in [0.4, 0.5) is 0 Å². The fourth-order valence-corrected chi connectivity index (χ4v) is 4.67. The van der Waals surface area contributed by atoms with Gasteiger partial charge in [0.1, 0.15) is 0 Å². The Labute approximate surface area is 179 Å². The molecule has 1 fully saturated rings. The topological polar surface area (TPSA) is 108 Å². The Morgan fingerprint density at radius 2 is 1.63 bits per heavy atom. The molecule has 0 radical (unpaired) electrons. The summed E-state index contributed by atoms with van der Waals surface area (Å²) in [6.07, 6.45) is 3.62. The van der Waals surface area contributed by atoms with Gasteiger partial charge >= 0.3 is 0 Å². The Kier molecular flexibility index (Phi) is 8.40. The van der Waals surface area contributed by atoms with Crippen molar-refractivity contribution in [1.29, 1.82) is 0 Å². The lowest BCUT2D eigenvalue weighted by molar-refractivity contribution is -0.120. The van der Waals surface area contributed by atoms with E-state index >= 15 is 0 Å². The first-order valence-electron chi connectivity index (χ1n) is 10.4. The van der Waals surface area contributed by atoms with Gasteiger partial charge in [0, 0.05) is 23.7 Å². The Morgan fingerprint density at radius 3 is 2.20 bits per heavy atom. The molecule has 1 aliphatic heterocycles. The molecule has 1 aliphatic rings. The van der Waals surface area contributed by atoms with Crippen LogP contribution in [0.2, 0.25) is 0 Å². The molecule has 0 bridgehead atoms. The largest absolute Gasteiger partial charge is 0.353 e. The van der Waals surface area contributed by atoms with E-state index in [0.29, 0.717) is 12.1 Å². The number of likely N-dealkylation sites (tertiary alicyclic amines) is 1. The first-order valence-corrected chi connectivity index (χ1v) is 11.9. The average molecular weight is 439 g/mol. The fourth-order valence-electron chi connectivity index (χ4n) is 3.41. The molecular formula is C21H34N4O4S. The Hall–Kier alpha value is -1.97. The quantitative estimate of drug-likeness (QED) is 0.541. The summed E-state index contributed by atoms with van der Waals surface area (Å²) in [4.78, 5) is 26.9. The van der Waals surface area contributed by atoms with E-state index in [4.69, 9.17) is 0 Å². The third kappa shape index (κ3) is 7.07. The number of nitrogens with zero attached hydrogens (tertiary/aromatic N) is 1. The molecule has 0 spiro atoms. The van der Waals surface area contributed by atoms with Crippen LogP contribution in [0.15, 0.2) is 29.2 Å². The molecule has 2 amide bonds. The standard InChI is InChI=1S/C21H34N4O4S/c1-16(2)24-30(28,29)18-10-8-17(9-11-18)20(27)22-14-19(26)23-15-21(3,4)25-12-6-5-7-13-25/h8-11,16,24H,5-7,12-15H2,1-4H3,(H,22,27)(H,23,26). The molecule has 0 aromatic heterocycles. The Morgan fingerprint density at radius 1 is 1.03 bits per heavy atom. The van der Waals surface area contributed by atoms with Crippen molar-refractivity contribution in [2.75, 3.05) is 26.2 Å². The summed E-state index contributed by atoms with van der Waals surface area (Å²) in [5, 5.41) is 5.47. The van der Waals surface area contributed by atoms with Crippen molar-refractivity contribution in [3.63, 3.8) is 0 Å². The summed E-state index contributed by atoms with van der Waals surface area (Å²) < 4.78 is 26.8. The fraction of sp³-hybridized carbons (Fsp3) is 0.619. The highest BCUT2D eigenvalue weighted by molar-refractivity contribution is 7.89. The second kappa shape index (κ2) is 10.4. The van der Waals surface area contributed by atoms with Crippen LogP contribution in [0, 0.1) is 0 Å². The average Bonchev–Trinajstić information content (AvgIpc) is 2.70. The summed E-state index contributed by atoms with van der Waals surface area (Å²) in [7, 11) is -3.61. The predicted molar refractivity (Wildman–Crippen MR) is 117 cm³/mol. The van der Waals surface area contributed by atoms with E-state index in [1.54, 1.807) is 13.8 Å². The van der Waals surface area contributed by atoms with Gasteiger partial charge in [-0.05, 0) is 77.9 Å². The predicted octanol–water partition coefficient (Wildman–Crippen LogP) is 1.48. The summed E-state index contributed by atoms with van der Waals surface area (Å²) in [5.74, 6) is -0.685. The first-order chi connectivity index (χ1) is 14.0. The zero-order chi connectivity index (χ0) is 22.4. The van der Waals surface area contributed by atoms with Crippen LogP contribution < -0.4 is 15.4 Å². The lowest BCUT2D eigenvalue weighted by Crippen LogP contribution is -2.54. The van der Waals surface area contributed by atoms with Gasteiger partial charge in [0.15, 0.2) is 0 Å². The minimum absolute atomic E-state index is 0.0884. The first kappa shape index (κ1) is 24.3. The van der Waals surface area contributed by atoms with Crippen molar-refractivity contribution in [3.8, 4) is 0 Å². The maximum atomic E-state index is 12.3. The monoisotopic (exact) mass is 438 g/mol. The number of sulfonamides is 1. The number of carbonyl (C=O) groups excluding carboxylic acids is 2. The van der Waals surface area contributed by atoms with Crippen LogP contribution in [0.1, 0.15) is 57.3 Å². The molecule has 3 N–H and O–H groups in total. The van der Waals surface area contributed by atoms with Crippen molar-refractivity contribution in [2.45, 2.75) is 63.4 Å². The normalized spacial score (nSPS) is 15.8. The summed E-state index contributed by atoms with van der Waals surface area (Å²) in [6, 6.07) is 5.39. The van der Waals surface area contributed by atoms with E-state index in [1.807, 2.05) is 0 Å². The molecule has 168 valence electrons. The molecule has 1 heterocycles. The minimum Gasteiger partial charge on any atom is -0.353 e. The maximum Gasteiger partial charge on any atom is 0.251 e. The van der Waals surface area contributed by atoms with Gasteiger partial charge in [0.05, 0.1) is 11.4 Å². The molecule has 0 unspecified atom stereocenters. The number of hydrogen-bond acceptors (Lipinski definition) is 5. The van der Waals surface area contributed by atoms with Gasteiger partial charge in [-0.2, -0.15) is 0 Å². The molecule has 0 aliphatic carbocycles. The SMILES string of the molecule is CC(C)NS(=O)(=O)c1ccc(C(=O)NCC(=O)NCC(C)(C)N2CCCCC2)cc1. The zero-order valence-electron chi connectivity index (χ0n) is 18.3. The van der Waals surface area contributed by atoms with Crippen LogP contribution in [0.25, 0.3) is 0 Å². The highest BCUT2D eigenvalue weighted by Crippen LogP contribution is 2.19. The molecule has 1 aromatic carbocycles. The highest BCUT2D eigenvalue weighted by atomic mass is 32.2. The third-order valence-electron chi connectivity index (χ3n) is 5.16. The molecule has 8 nitrogen and oxygen atoms in total. The van der Waals surface area contributed by atoms with Gasteiger partial charge in [-0.1, -0.05) is 6.42 Å². The summed E-state index contributed by atoms with van der Waals surface area (Å²) in [6.45, 7) is 10.1. The van der Waals surface area contributed by atoms with Crippen LogP contribution in [0.5, 0.6) is 0 Å². The van der Waals surface area contributed by atoms with E-state index < -0.39 is 15.9 Å². The van der Waals surface area contributed by atoms with Crippen molar-refractivity contribution < 1.29 is 18.0 Å². The Bertz CT molecular complexity index is 829. The van der Waals surface area contributed by atoms with Gasteiger partial charge in [-0.15, -0.1) is 0 Å². The van der Waals surface area contributed by atoms with Gasteiger partial charge < -0.3 is 10.6 Å². The van der Waals surface area contributed by atoms with Gasteiger partial charge in [0.2, 0.25) is 15.9 Å². The Balaban J connectivity index is 1.82. The van der Waals surface area contributed by atoms with Gasteiger partial charge in [0.25, 0.3) is 5.91 Å². The van der Waals surface area contributed by atoms with Gasteiger partial charge in [-0.25, -0.2) is 13.1 Å². The molecule has 0 atom stereocenters. The van der Waals surface area contributed by atoms with Crippen LogP contribution in [-0.2, 0) is 14.8 Å². The molecule has 30 heavy (non-hydrogen) atoms. The molecule has 1 saturated heterocycles. The lowest BCUT2D eigenvalue weighted by atomic mass is 9.98.